The fourth-order valence-electron chi connectivity index (χ4n) is 2.96. The summed E-state index contributed by atoms with van der Waals surface area (Å²) in [4.78, 5) is 16.5. The highest BCUT2D eigenvalue weighted by Gasteiger charge is 2.16. The lowest BCUT2D eigenvalue weighted by molar-refractivity contribution is -0.113. The normalized spacial score (nSPS) is 15.4. The number of nitrogens with zero attached hydrogens (tertiary/aromatic N) is 2. The van der Waals surface area contributed by atoms with Crippen molar-refractivity contribution in [3.63, 3.8) is 0 Å². The highest BCUT2D eigenvalue weighted by Crippen LogP contribution is 2.26. The Labute approximate surface area is 154 Å². The van der Waals surface area contributed by atoms with Crippen molar-refractivity contribution in [2.45, 2.75) is 43.7 Å². The standard InChI is InChI=1S/C17H21BrN4OS/c18-13-6-8-14(9-7-13)19-16(23)11-24-17-20-15(21-22-17)10-12-4-2-1-3-5-12/h6-9,12H,1-5,10-11H2,(H,19,23)(H,20,21,22). The zero-order chi connectivity index (χ0) is 16.8. The van der Waals surface area contributed by atoms with E-state index in [1.807, 2.05) is 24.3 Å². The molecule has 0 atom stereocenters. The third-order valence-corrected chi connectivity index (χ3v) is 5.55. The molecule has 2 aromatic rings. The number of aromatic nitrogens is 3. The minimum atomic E-state index is -0.0547. The fraction of sp³-hybridized carbons (Fsp3) is 0.471. The van der Waals surface area contributed by atoms with Gasteiger partial charge in [-0.3, -0.25) is 9.89 Å². The summed E-state index contributed by atoms with van der Waals surface area (Å²) in [5, 5.41) is 10.7. The minimum Gasteiger partial charge on any atom is -0.325 e. The van der Waals surface area contributed by atoms with Crippen molar-refractivity contribution in [3.05, 3.63) is 34.6 Å². The molecule has 5 nitrogen and oxygen atoms in total. The molecule has 24 heavy (non-hydrogen) atoms. The van der Waals surface area contributed by atoms with E-state index in [1.54, 1.807) is 0 Å². The minimum absolute atomic E-state index is 0.0547. The number of rotatable bonds is 6. The molecule has 2 N–H and O–H groups in total. The number of thioether (sulfide) groups is 1. The van der Waals surface area contributed by atoms with Gasteiger partial charge in [0.2, 0.25) is 11.1 Å². The maximum absolute atomic E-state index is 12.0. The summed E-state index contributed by atoms with van der Waals surface area (Å²) in [5.74, 6) is 1.92. The molecule has 0 radical (unpaired) electrons. The number of carbonyl (C=O) groups is 1. The molecular weight excluding hydrogens is 388 g/mol. The van der Waals surface area contributed by atoms with Crippen LogP contribution in [0.2, 0.25) is 0 Å². The van der Waals surface area contributed by atoms with Gasteiger partial charge in [0.15, 0.2) is 0 Å². The van der Waals surface area contributed by atoms with Gasteiger partial charge in [0, 0.05) is 16.6 Å². The summed E-state index contributed by atoms with van der Waals surface area (Å²) in [7, 11) is 0. The number of aromatic amines is 1. The molecule has 1 aromatic heterocycles. The van der Waals surface area contributed by atoms with Crippen molar-refractivity contribution < 1.29 is 4.79 Å². The quantitative estimate of drug-likeness (QED) is 0.693. The largest absolute Gasteiger partial charge is 0.325 e. The summed E-state index contributed by atoms with van der Waals surface area (Å²) in [6, 6.07) is 7.52. The molecule has 3 rings (SSSR count). The van der Waals surface area contributed by atoms with Crippen LogP contribution in [0.25, 0.3) is 0 Å². The van der Waals surface area contributed by atoms with Crippen molar-refractivity contribution in [2.75, 3.05) is 11.1 Å². The number of hydrogen-bond acceptors (Lipinski definition) is 4. The second kappa shape index (κ2) is 8.67. The van der Waals surface area contributed by atoms with E-state index >= 15 is 0 Å². The summed E-state index contributed by atoms with van der Waals surface area (Å²) >= 11 is 4.73. The van der Waals surface area contributed by atoms with E-state index in [0.29, 0.717) is 10.9 Å². The highest BCUT2D eigenvalue weighted by atomic mass is 79.9. The van der Waals surface area contributed by atoms with Crippen LogP contribution < -0.4 is 5.32 Å². The van der Waals surface area contributed by atoms with Gasteiger partial charge in [0.25, 0.3) is 0 Å². The third-order valence-electron chi connectivity index (χ3n) is 4.18. The first-order chi connectivity index (χ1) is 11.7. The number of H-pyrrole nitrogens is 1. The van der Waals surface area contributed by atoms with Crippen molar-refractivity contribution in [2.24, 2.45) is 5.92 Å². The van der Waals surface area contributed by atoms with Gasteiger partial charge in [-0.15, -0.1) is 5.10 Å². The van der Waals surface area contributed by atoms with Crippen LogP contribution in [0.4, 0.5) is 5.69 Å². The topological polar surface area (TPSA) is 70.7 Å². The highest BCUT2D eigenvalue weighted by molar-refractivity contribution is 9.10. The molecule has 1 aliphatic carbocycles. The maximum atomic E-state index is 12.0. The Hall–Kier alpha value is -1.34. The molecule has 0 aliphatic heterocycles. The van der Waals surface area contributed by atoms with Crippen LogP contribution in [0.5, 0.6) is 0 Å². The second-order valence-corrected chi connectivity index (χ2v) is 7.97. The van der Waals surface area contributed by atoms with Crippen LogP contribution in [0.3, 0.4) is 0 Å². The van der Waals surface area contributed by atoms with Gasteiger partial charge in [-0.1, -0.05) is 59.8 Å². The molecule has 1 fully saturated rings. The molecule has 1 aliphatic rings. The van der Waals surface area contributed by atoms with Crippen LogP contribution >= 0.6 is 27.7 Å². The zero-order valence-corrected chi connectivity index (χ0v) is 15.8. The molecular formula is C17H21BrN4OS. The van der Waals surface area contributed by atoms with Gasteiger partial charge in [0.1, 0.15) is 5.82 Å². The van der Waals surface area contributed by atoms with E-state index in [1.165, 1.54) is 43.9 Å². The predicted molar refractivity (Wildman–Crippen MR) is 100 cm³/mol. The zero-order valence-electron chi connectivity index (χ0n) is 13.4. The van der Waals surface area contributed by atoms with Crippen LogP contribution in [-0.4, -0.2) is 26.8 Å². The Morgan fingerprint density at radius 1 is 1.25 bits per heavy atom. The summed E-state index contributed by atoms with van der Waals surface area (Å²) in [5.41, 5.74) is 0.789. The Kier molecular flexibility index (Phi) is 6.31. The fourth-order valence-corrected chi connectivity index (χ4v) is 3.84. The summed E-state index contributed by atoms with van der Waals surface area (Å²) in [6.07, 6.45) is 7.57. The first kappa shape index (κ1) is 17.5. The van der Waals surface area contributed by atoms with Crippen molar-refractivity contribution in [1.29, 1.82) is 0 Å². The smallest absolute Gasteiger partial charge is 0.234 e. The molecule has 1 heterocycles. The van der Waals surface area contributed by atoms with E-state index in [2.05, 4.69) is 36.4 Å². The predicted octanol–water partition coefficient (Wildman–Crippen LogP) is 4.42. The SMILES string of the molecule is O=C(CSc1n[nH]c(CC2CCCCC2)n1)Nc1ccc(Br)cc1. The van der Waals surface area contributed by atoms with E-state index in [9.17, 15) is 4.79 Å². The number of amides is 1. The van der Waals surface area contributed by atoms with Crippen LogP contribution in [-0.2, 0) is 11.2 Å². The number of benzene rings is 1. The lowest BCUT2D eigenvalue weighted by atomic mass is 9.87. The van der Waals surface area contributed by atoms with Gasteiger partial charge in [-0.05, 0) is 30.2 Å². The van der Waals surface area contributed by atoms with Gasteiger partial charge in [-0.25, -0.2) is 4.98 Å². The molecule has 0 unspecified atom stereocenters. The van der Waals surface area contributed by atoms with Crippen molar-refractivity contribution in [1.82, 2.24) is 15.2 Å². The first-order valence-electron chi connectivity index (χ1n) is 8.28. The average molecular weight is 409 g/mol. The maximum Gasteiger partial charge on any atom is 0.234 e. The number of anilines is 1. The number of nitrogens with one attached hydrogen (secondary N) is 2. The first-order valence-corrected chi connectivity index (χ1v) is 10.1. The van der Waals surface area contributed by atoms with Gasteiger partial charge >= 0.3 is 0 Å². The lowest BCUT2D eigenvalue weighted by Crippen LogP contribution is -2.14. The average Bonchev–Trinajstić information content (AvgIpc) is 3.03. The molecule has 0 spiro atoms. The molecule has 1 amide bonds. The van der Waals surface area contributed by atoms with Crippen molar-refractivity contribution in [3.8, 4) is 0 Å². The number of halogens is 1. The van der Waals surface area contributed by atoms with Crippen LogP contribution in [0, 0.1) is 5.92 Å². The molecule has 0 saturated heterocycles. The van der Waals surface area contributed by atoms with Crippen LogP contribution in [0.15, 0.2) is 33.9 Å². The van der Waals surface area contributed by atoms with Crippen molar-refractivity contribution >= 4 is 39.3 Å². The number of hydrogen-bond donors (Lipinski definition) is 2. The molecule has 1 saturated carbocycles. The molecule has 1 aromatic carbocycles. The van der Waals surface area contributed by atoms with E-state index in [4.69, 9.17) is 0 Å². The molecule has 0 bridgehead atoms. The third kappa shape index (κ3) is 5.34. The second-order valence-electron chi connectivity index (χ2n) is 6.12. The van der Waals surface area contributed by atoms with E-state index in [0.717, 1.165) is 28.3 Å². The van der Waals surface area contributed by atoms with Crippen LogP contribution in [0.1, 0.15) is 37.9 Å². The molecule has 7 heteroatoms. The molecule has 128 valence electrons. The summed E-state index contributed by atoms with van der Waals surface area (Å²) in [6.45, 7) is 0. The Morgan fingerprint density at radius 2 is 2.00 bits per heavy atom. The van der Waals surface area contributed by atoms with E-state index < -0.39 is 0 Å². The van der Waals surface area contributed by atoms with Gasteiger partial charge in [-0.2, -0.15) is 0 Å². The van der Waals surface area contributed by atoms with Gasteiger partial charge in [0.05, 0.1) is 5.75 Å². The summed E-state index contributed by atoms with van der Waals surface area (Å²) < 4.78 is 0.987. The number of carbonyl (C=O) groups excluding carboxylic acids is 1. The van der Waals surface area contributed by atoms with E-state index in [-0.39, 0.29) is 5.91 Å². The van der Waals surface area contributed by atoms with Gasteiger partial charge < -0.3 is 5.32 Å². The monoisotopic (exact) mass is 408 g/mol. The Balaban J connectivity index is 1.44. The Bertz CT molecular complexity index is 667. The Morgan fingerprint density at radius 3 is 2.75 bits per heavy atom. The lowest BCUT2D eigenvalue weighted by Gasteiger charge is -2.19.